The zero-order chi connectivity index (χ0) is 20.7. The summed E-state index contributed by atoms with van der Waals surface area (Å²) in [6.07, 6.45) is 2.01. The van der Waals surface area contributed by atoms with Crippen LogP contribution in [0.25, 0.3) is 0 Å². The molecule has 0 aliphatic carbocycles. The molecule has 1 unspecified atom stereocenters. The molecule has 29 heavy (non-hydrogen) atoms. The fraction of sp³-hybridized carbons (Fsp3) is 0.609. The third kappa shape index (κ3) is 5.82. The van der Waals surface area contributed by atoms with Crippen molar-refractivity contribution in [3.05, 3.63) is 39.4 Å². The van der Waals surface area contributed by atoms with E-state index in [4.69, 9.17) is 4.74 Å². The maximum atomic E-state index is 9.98. The van der Waals surface area contributed by atoms with Crippen molar-refractivity contribution < 1.29 is 4.74 Å². The summed E-state index contributed by atoms with van der Waals surface area (Å²) >= 11 is 3.37. The predicted octanol–water partition coefficient (Wildman–Crippen LogP) is 5.01. The highest BCUT2D eigenvalue weighted by molar-refractivity contribution is 7.12. The van der Waals surface area contributed by atoms with Gasteiger partial charge in [-0.1, -0.05) is 13.8 Å². The molecule has 0 bridgehead atoms. The largest absolute Gasteiger partial charge is 0.483 e. The van der Waals surface area contributed by atoms with E-state index in [1.54, 1.807) is 22.7 Å². The highest BCUT2D eigenvalue weighted by Crippen LogP contribution is 2.37. The molecular weight excluding hydrogens is 398 g/mol. The molecule has 0 aromatic carbocycles. The van der Waals surface area contributed by atoms with E-state index < -0.39 is 0 Å². The fourth-order valence-corrected chi connectivity index (χ4v) is 5.62. The van der Waals surface area contributed by atoms with Crippen LogP contribution >= 0.6 is 22.7 Å². The number of rotatable bonds is 10. The summed E-state index contributed by atoms with van der Waals surface area (Å²) in [6, 6.07) is 6.91. The first kappa shape index (κ1) is 22.3. The summed E-state index contributed by atoms with van der Waals surface area (Å²) in [5.41, 5.74) is 2.13. The summed E-state index contributed by atoms with van der Waals surface area (Å²) in [7, 11) is 0. The van der Waals surface area contributed by atoms with Crippen molar-refractivity contribution in [3.8, 4) is 11.1 Å². The number of nitriles is 1. The monoisotopic (exact) mass is 431 g/mol. The highest BCUT2D eigenvalue weighted by Gasteiger charge is 2.36. The van der Waals surface area contributed by atoms with Gasteiger partial charge in [-0.3, -0.25) is 4.90 Å². The van der Waals surface area contributed by atoms with Crippen molar-refractivity contribution in [1.29, 1.82) is 5.26 Å². The van der Waals surface area contributed by atoms with Gasteiger partial charge in [0.15, 0.2) is 5.06 Å². The zero-order valence-electron chi connectivity index (χ0n) is 17.9. The Bertz CT molecular complexity index is 772. The van der Waals surface area contributed by atoms with Crippen LogP contribution < -0.4 is 4.74 Å². The normalized spacial score (nSPS) is 17.9. The van der Waals surface area contributed by atoms with E-state index >= 15 is 0 Å². The van der Waals surface area contributed by atoms with E-state index in [1.165, 1.54) is 11.1 Å². The number of thiophene rings is 2. The molecule has 1 fully saturated rings. The van der Waals surface area contributed by atoms with Crippen LogP contribution in [0, 0.1) is 24.2 Å². The minimum Gasteiger partial charge on any atom is -0.483 e. The Labute approximate surface area is 183 Å². The van der Waals surface area contributed by atoms with Crippen molar-refractivity contribution in [1.82, 2.24) is 9.80 Å². The molecule has 158 valence electrons. The molecule has 0 spiro atoms. The minimum absolute atomic E-state index is 0.325. The molecular formula is C23H33N3OS2. The molecule has 2 aromatic rings. The molecule has 0 amide bonds. The first-order chi connectivity index (χ1) is 14.0. The molecule has 6 heteroatoms. The van der Waals surface area contributed by atoms with E-state index in [0.29, 0.717) is 5.92 Å². The number of piperazine rings is 1. The number of hydrogen-bond acceptors (Lipinski definition) is 6. The maximum absolute atomic E-state index is 9.98. The topological polar surface area (TPSA) is 39.5 Å². The molecule has 1 saturated heterocycles. The van der Waals surface area contributed by atoms with Crippen LogP contribution in [0.5, 0.6) is 5.06 Å². The second-order valence-corrected chi connectivity index (χ2v) is 9.98. The van der Waals surface area contributed by atoms with Gasteiger partial charge < -0.3 is 9.64 Å². The van der Waals surface area contributed by atoms with Gasteiger partial charge in [0.05, 0.1) is 11.5 Å². The van der Waals surface area contributed by atoms with E-state index in [0.717, 1.165) is 63.8 Å². The summed E-state index contributed by atoms with van der Waals surface area (Å²) in [6.45, 7) is 13.7. The number of ether oxygens (including phenoxy) is 1. The Kier molecular flexibility index (Phi) is 8.14. The summed E-state index contributed by atoms with van der Waals surface area (Å²) < 4.78 is 5.86. The van der Waals surface area contributed by atoms with Gasteiger partial charge in [0, 0.05) is 32.7 Å². The lowest BCUT2D eigenvalue weighted by atomic mass is 9.71. The second-order valence-electron chi connectivity index (χ2n) is 8.33. The van der Waals surface area contributed by atoms with Gasteiger partial charge in [-0.15, -0.1) is 11.3 Å². The van der Waals surface area contributed by atoms with Gasteiger partial charge in [0.1, 0.15) is 6.61 Å². The number of nitrogens with zero attached hydrogens (tertiary/aromatic N) is 3. The van der Waals surface area contributed by atoms with Crippen LogP contribution in [0.2, 0.25) is 0 Å². The summed E-state index contributed by atoms with van der Waals surface area (Å²) in [5, 5.41) is 17.4. The van der Waals surface area contributed by atoms with Crippen molar-refractivity contribution in [2.45, 2.75) is 39.0 Å². The third-order valence-electron chi connectivity index (χ3n) is 6.09. The average Bonchev–Trinajstić information content (AvgIpc) is 3.39. The van der Waals surface area contributed by atoms with Gasteiger partial charge in [-0.2, -0.15) is 16.6 Å². The van der Waals surface area contributed by atoms with Gasteiger partial charge in [-0.05, 0) is 71.6 Å². The van der Waals surface area contributed by atoms with Crippen LogP contribution in [0.15, 0.2) is 28.3 Å². The second kappa shape index (κ2) is 10.6. The van der Waals surface area contributed by atoms with Crippen molar-refractivity contribution >= 4 is 22.7 Å². The van der Waals surface area contributed by atoms with E-state index in [2.05, 4.69) is 64.9 Å². The molecule has 0 saturated carbocycles. The van der Waals surface area contributed by atoms with Crippen LogP contribution in [0.1, 0.15) is 37.8 Å². The Hall–Kier alpha value is -1.39. The third-order valence-corrected chi connectivity index (χ3v) is 7.73. The highest BCUT2D eigenvalue weighted by atomic mass is 32.1. The van der Waals surface area contributed by atoms with Gasteiger partial charge >= 0.3 is 0 Å². The lowest BCUT2D eigenvalue weighted by Gasteiger charge is -2.36. The predicted molar refractivity (Wildman–Crippen MR) is 123 cm³/mol. The quantitative estimate of drug-likeness (QED) is 0.530. The fourth-order valence-electron chi connectivity index (χ4n) is 4.11. The molecule has 3 rings (SSSR count). The number of hydrogen-bond donors (Lipinski definition) is 0. The maximum Gasteiger partial charge on any atom is 0.174 e. The zero-order valence-corrected chi connectivity index (χ0v) is 19.5. The Morgan fingerprint density at radius 3 is 2.45 bits per heavy atom. The van der Waals surface area contributed by atoms with Crippen molar-refractivity contribution in [2.24, 2.45) is 5.92 Å². The van der Waals surface area contributed by atoms with Crippen LogP contribution in [0.4, 0.5) is 0 Å². The SMILES string of the molecule is Cc1csc(OCCN2CCN(CCCC(C#N)(c3ccsc3)C(C)C)CC2)c1. The molecule has 0 N–H and O–H groups in total. The van der Waals surface area contributed by atoms with Crippen LogP contribution in [-0.4, -0.2) is 55.7 Å². The molecule has 0 radical (unpaired) electrons. The van der Waals surface area contributed by atoms with E-state index in [-0.39, 0.29) is 5.41 Å². The van der Waals surface area contributed by atoms with Gasteiger partial charge in [-0.25, -0.2) is 0 Å². The number of aryl methyl sites for hydroxylation is 1. The van der Waals surface area contributed by atoms with Crippen molar-refractivity contribution in [2.75, 3.05) is 45.9 Å². The summed E-state index contributed by atoms with van der Waals surface area (Å²) in [4.78, 5) is 5.05. The molecule has 4 nitrogen and oxygen atoms in total. The van der Waals surface area contributed by atoms with Crippen LogP contribution in [0.3, 0.4) is 0 Å². The molecule has 2 aromatic heterocycles. The molecule has 3 heterocycles. The Morgan fingerprint density at radius 1 is 1.17 bits per heavy atom. The first-order valence-electron chi connectivity index (χ1n) is 10.6. The van der Waals surface area contributed by atoms with E-state index in [9.17, 15) is 5.26 Å². The lowest BCUT2D eigenvalue weighted by Crippen LogP contribution is -2.47. The smallest absolute Gasteiger partial charge is 0.174 e. The minimum atomic E-state index is -0.348. The molecule has 1 atom stereocenters. The summed E-state index contributed by atoms with van der Waals surface area (Å²) in [5.74, 6) is 0.325. The van der Waals surface area contributed by atoms with Gasteiger partial charge in [0.25, 0.3) is 0 Å². The Morgan fingerprint density at radius 2 is 1.90 bits per heavy atom. The van der Waals surface area contributed by atoms with Crippen LogP contribution in [-0.2, 0) is 5.41 Å². The van der Waals surface area contributed by atoms with E-state index in [1.807, 2.05) is 0 Å². The lowest BCUT2D eigenvalue weighted by molar-refractivity contribution is 0.114. The Balaban J connectivity index is 1.38. The van der Waals surface area contributed by atoms with Gasteiger partial charge in [0.2, 0.25) is 0 Å². The standard InChI is InChI=1S/C23H33N3OS2/c1-19(2)23(18-24,21-5-14-28-17-21)6-4-7-25-8-10-26(11-9-25)12-13-27-22-15-20(3)16-29-22/h5,14-17,19H,4,6-13H2,1-3H3. The first-order valence-corrected chi connectivity index (χ1v) is 12.4. The average molecular weight is 432 g/mol. The van der Waals surface area contributed by atoms with Crippen molar-refractivity contribution in [3.63, 3.8) is 0 Å². The molecule has 1 aliphatic heterocycles. The molecule has 1 aliphatic rings.